The fourth-order valence-electron chi connectivity index (χ4n) is 1.73. The summed E-state index contributed by atoms with van der Waals surface area (Å²) in [5.74, 6) is 0. The number of halogens is 1. The van der Waals surface area contributed by atoms with Crippen LogP contribution in [0.5, 0.6) is 0 Å². The van der Waals surface area contributed by atoms with Crippen LogP contribution in [0, 0.1) is 49.8 Å². The van der Waals surface area contributed by atoms with Crippen LogP contribution in [-0.2, 0) is 21.1 Å². The Morgan fingerprint density at radius 2 is 1.22 bits per heavy atom. The molecular weight excluding hydrogens is 613 g/mol. The van der Waals surface area contributed by atoms with Gasteiger partial charge in [-0.1, -0.05) is 18.2 Å². The molecule has 0 atom stereocenters. The minimum Gasteiger partial charge on any atom is -0.304 e. The molecule has 0 aliphatic heterocycles. The number of hydrogen-bond acceptors (Lipinski definition) is 7. The summed E-state index contributed by atoms with van der Waals surface area (Å²) in [6, 6.07) is 21.7. The van der Waals surface area contributed by atoms with Crippen LogP contribution in [0.1, 0.15) is 41.5 Å². The van der Waals surface area contributed by atoms with Crippen LogP contribution in [0.15, 0.2) is 48.7 Å². The molecule has 9 heteroatoms. The Labute approximate surface area is 205 Å². The molecule has 174 valence electrons. The number of benzene rings is 2. The molecule has 0 fully saturated rings. The summed E-state index contributed by atoms with van der Waals surface area (Å²) >= 11 is 0. The summed E-state index contributed by atoms with van der Waals surface area (Å²) in [4.78, 5) is 4.38. The van der Waals surface area contributed by atoms with E-state index >= 15 is 0 Å². The van der Waals surface area contributed by atoms with Gasteiger partial charge in [-0.25, -0.2) is 18.6 Å². The van der Waals surface area contributed by atoms with E-state index in [-0.39, 0.29) is 31.9 Å². The zero-order valence-corrected chi connectivity index (χ0v) is 21.8. The Bertz CT molecular complexity index is 959. The first-order valence-electron chi connectivity index (χ1n) is 9.16. The van der Waals surface area contributed by atoms with Crippen LogP contribution in [0.4, 0.5) is 0 Å². The molecule has 0 saturated carbocycles. The molecule has 2 aromatic carbocycles. The maximum atomic E-state index is 8.49. The van der Waals surface area contributed by atoms with Crippen molar-refractivity contribution in [2.45, 2.75) is 41.5 Å². The number of fused-ring (bicyclic) bond motifs is 3. The smallest absolute Gasteiger partial charge is 0.304 e. The minimum absolute atomic E-state index is 0. The van der Waals surface area contributed by atoms with Crippen LogP contribution >= 0.6 is 0 Å². The van der Waals surface area contributed by atoms with Gasteiger partial charge in [0.25, 0.3) is 0 Å². The molecule has 0 radical (unpaired) electrons. The van der Waals surface area contributed by atoms with Gasteiger partial charge in [0.1, 0.15) is 0 Å². The van der Waals surface area contributed by atoms with Crippen LogP contribution in [0.2, 0.25) is 0 Å². The Morgan fingerprint density at radius 1 is 0.812 bits per heavy atom. The zero-order chi connectivity index (χ0) is 24.3. The van der Waals surface area contributed by atoms with E-state index in [1.807, 2.05) is 65.9 Å². The van der Waals surface area contributed by atoms with Crippen molar-refractivity contribution in [2.75, 3.05) is 0 Å². The van der Waals surface area contributed by atoms with Crippen molar-refractivity contribution in [1.29, 1.82) is 10.5 Å². The topological polar surface area (TPSA) is 153 Å². The molecule has 3 rings (SSSR count). The summed E-state index contributed by atoms with van der Waals surface area (Å²) in [6.45, 7) is 11.3. The van der Waals surface area contributed by atoms with Crippen molar-refractivity contribution in [2.24, 2.45) is 10.8 Å². The van der Waals surface area contributed by atoms with Gasteiger partial charge in [-0.3, -0.25) is 0 Å². The van der Waals surface area contributed by atoms with Crippen molar-refractivity contribution in [3.63, 3.8) is 0 Å². The van der Waals surface area contributed by atoms with Crippen molar-refractivity contribution < 1.29 is 49.9 Å². The second-order valence-corrected chi connectivity index (χ2v) is 9.13. The molecular formula is C23H26ClN3O4Pt. The van der Waals surface area contributed by atoms with Crippen molar-refractivity contribution in [1.82, 2.24) is 4.98 Å². The molecule has 0 aliphatic carbocycles. The summed E-state index contributed by atoms with van der Waals surface area (Å²) in [6.07, 6.45) is 1.82. The van der Waals surface area contributed by atoms with Gasteiger partial charge < -0.3 is 4.98 Å². The first kappa shape index (κ1) is 32.1. The van der Waals surface area contributed by atoms with Gasteiger partial charge in [0.15, 0.2) is 0 Å². The van der Waals surface area contributed by atoms with Crippen LogP contribution in [0.3, 0.4) is 0 Å². The molecule has 0 spiro atoms. The van der Waals surface area contributed by atoms with Crippen molar-refractivity contribution in [3.8, 4) is 12.1 Å². The number of pyridine rings is 1. The van der Waals surface area contributed by atoms with E-state index in [4.69, 9.17) is 29.2 Å². The fourth-order valence-corrected chi connectivity index (χ4v) is 1.73. The average molecular weight is 639 g/mol. The molecule has 0 aliphatic rings. The van der Waals surface area contributed by atoms with Gasteiger partial charge in [-0.15, -0.1) is 45.3 Å². The van der Waals surface area contributed by atoms with Crippen LogP contribution < -0.4 is 18.6 Å². The summed E-state index contributed by atoms with van der Waals surface area (Å²) in [5.41, 5.74) is 0.727. The summed E-state index contributed by atoms with van der Waals surface area (Å²) in [7, 11) is -4.94. The molecule has 1 aromatic heterocycles. The van der Waals surface area contributed by atoms with Gasteiger partial charge in [-0.2, -0.15) is 10.5 Å². The fraction of sp³-hybridized carbons (Fsp3) is 0.348. The largest absolute Gasteiger partial charge is 2.00 e. The van der Waals surface area contributed by atoms with Gasteiger partial charge in [-0.05, 0) is 58.5 Å². The van der Waals surface area contributed by atoms with E-state index in [1.54, 1.807) is 0 Å². The summed E-state index contributed by atoms with van der Waals surface area (Å²) in [5, 5.41) is 19.8. The second-order valence-electron chi connectivity index (χ2n) is 8.38. The molecule has 0 saturated heterocycles. The third-order valence-corrected chi connectivity index (χ3v) is 3.08. The van der Waals surface area contributed by atoms with Gasteiger partial charge in [0.05, 0.1) is 12.1 Å². The van der Waals surface area contributed by atoms with Crippen LogP contribution in [0.25, 0.3) is 21.7 Å². The van der Waals surface area contributed by atoms with Gasteiger partial charge >= 0.3 is 21.1 Å². The molecule has 0 bridgehead atoms. The predicted molar refractivity (Wildman–Crippen MR) is 108 cm³/mol. The molecule has 0 N–H and O–H groups in total. The second kappa shape index (κ2) is 14.1. The van der Waals surface area contributed by atoms with Crippen LogP contribution in [-0.4, -0.2) is 4.98 Å². The molecule has 1 heterocycles. The molecule has 0 unspecified atom stereocenters. The summed E-state index contributed by atoms with van der Waals surface area (Å²) < 4.78 is 34.0. The SMILES string of the molecule is CC(C)(C)C#N.CC(C)(C)C#N.[O-][Cl+3]([O-])([O-])[O-].[Pt+2].[c-]1cccc2ccc3cccnc3c12. The van der Waals surface area contributed by atoms with Crippen molar-refractivity contribution in [3.05, 3.63) is 54.7 Å². The van der Waals surface area contributed by atoms with Crippen molar-refractivity contribution >= 4 is 21.7 Å². The standard InChI is InChI=1S/C13H8N.2C5H9N.ClHO4.Pt/c1-2-6-12-10(4-1)7-8-11-5-3-9-14-13(11)12;2*1-5(2,3)4-6;2-1(3,4)5;/h1-5,7-9H;2*1-3H3;(H,2,3,4,5);/q-1;;;;+2/p-1. The van der Waals surface area contributed by atoms with E-state index in [9.17, 15) is 0 Å². The Balaban J connectivity index is 0. The Hall–Kier alpha value is -2.09. The number of nitriles is 2. The zero-order valence-electron chi connectivity index (χ0n) is 18.8. The minimum atomic E-state index is -4.94. The molecule has 3 aromatic rings. The van der Waals surface area contributed by atoms with E-state index in [1.165, 1.54) is 10.8 Å². The normalized spacial score (nSPS) is 10.5. The van der Waals surface area contributed by atoms with Gasteiger partial charge in [0, 0.05) is 17.0 Å². The predicted octanol–water partition coefficient (Wildman–Crippen LogP) is 1.54. The molecule has 32 heavy (non-hydrogen) atoms. The Kier molecular flexibility index (Phi) is 14.2. The third-order valence-electron chi connectivity index (χ3n) is 3.08. The van der Waals surface area contributed by atoms with E-state index in [0.717, 1.165) is 10.9 Å². The number of aromatic nitrogens is 1. The quantitative estimate of drug-likeness (QED) is 0.267. The first-order valence-corrected chi connectivity index (χ1v) is 10.4. The molecule has 0 amide bonds. The maximum Gasteiger partial charge on any atom is 2.00 e. The van der Waals surface area contributed by atoms with E-state index in [2.05, 4.69) is 47.5 Å². The van der Waals surface area contributed by atoms with E-state index < -0.39 is 10.2 Å². The Morgan fingerprint density at radius 3 is 1.66 bits per heavy atom. The number of rotatable bonds is 0. The first-order chi connectivity index (χ1) is 14.1. The monoisotopic (exact) mass is 638 g/mol. The average Bonchev–Trinajstić information content (AvgIpc) is 2.66. The van der Waals surface area contributed by atoms with E-state index in [0.29, 0.717) is 0 Å². The molecule has 7 nitrogen and oxygen atoms in total. The van der Waals surface area contributed by atoms with Gasteiger partial charge in [0.2, 0.25) is 0 Å². The third kappa shape index (κ3) is 16.6. The maximum absolute atomic E-state index is 8.49. The number of hydrogen-bond donors (Lipinski definition) is 0. The number of nitrogens with zero attached hydrogens (tertiary/aromatic N) is 3.